The average molecular weight is 255 g/mol. The zero-order valence-corrected chi connectivity index (χ0v) is 9.85. The van der Waals surface area contributed by atoms with E-state index in [0.717, 1.165) is 0 Å². The number of carboxylic acids is 1. The Kier molecular flexibility index (Phi) is 5.26. The molecule has 0 saturated heterocycles. The van der Waals surface area contributed by atoms with Crippen molar-refractivity contribution >= 4 is 17.6 Å². The second-order valence-electron chi connectivity index (χ2n) is 3.66. The van der Waals surface area contributed by atoms with Gasteiger partial charge in [0.05, 0.1) is 13.0 Å². The summed E-state index contributed by atoms with van der Waals surface area (Å²) in [6.45, 7) is 1.38. The maximum Gasteiger partial charge on any atom is 0.332 e. The number of amides is 1. The monoisotopic (exact) mass is 255 g/mol. The van der Waals surface area contributed by atoms with E-state index in [0.29, 0.717) is 5.69 Å². The van der Waals surface area contributed by atoms with Crippen molar-refractivity contribution in [2.75, 3.05) is 11.9 Å². The van der Waals surface area contributed by atoms with Crippen LogP contribution in [0.3, 0.4) is 0 Å². The smallest absolute Gasteiger partial charge is 0.332 e. The molecule has 0 fully saturated rings. The fraction of sp³-hybridized carbons (Fsp3) is 0.333. The Morgan fingerprint density at radius 1 is 1.50 bits per heavy atom. The molecule has 0 saturated carbocycles. The van der Waals surface area contributed by atoms with Gasteiger partial charge in [-0.1, -0.05) is 6.07 Å². The summed E-state index contributed by atoms with van der Waals surface area (Å²) in [7, 11) is 0. The van der Waals surface area contributed by atoms with Crippen LogP contribution in [0.2, 0.25) is 0 Å². The summed E-state index contributed by atoms with van der Waals surface area (Å²) in [4.78, 5) is 21.9. The van der Waals surface area contributed by atoms with Gasteiger partial charge in [0.2, 0.25) is 5.91 Å². The van der Waals surface area contributed by atoms with Crippen LogP contribution in [0.15, 0.2) is 24.3 Å². The van der Waals surface area contributed by atoms with Gasteiger partial charge in [0.1, 0.15) is 5.82 Å². The summed E-state index contributed by atoms with van der Waals surface area (Å²) >= 11 is 0. The molecule has 6 heteroatoms. The van der Waals surface area contributed by atoms with Gasteiger partial charge < -0.3 is 15.2 Å². The first kappa shape index (κ1) is 14.1. The highest BCUT2D eigenvalue weighted by atomic mass is 19.1. The highest BCUT2D eigenvalue weighted by Crippen LogP contribution is 2.09. The van der Waals surface area contributed by atoms with Gasteiger partial charge in [-0.05, 0) is 25.1 Å². The minimum atomic E-state index is -1.08. The lowest BCUT2D eigenvalue weighted by molar-refractivity contribution is -0.149. The Bertz CT molecular complexity index is 436. The first-order chi connectivity index (χ1) is 8.49. The number of benzene rings is 1. The third-order valence-corrected chi connectivity index (χ3v) is 2.15. The van der Waals surface area contributed by atoms with Crippen LogP contribution in [0.25, 0.3) is 0 Å². The molecule has 2 N–H and O–H groups in total. The maximum atomic E-state index is 12.8. The van der Waals surface area contributed by atoms with Gasteiger partial charge in [-0.2, -0.15) is 0 Å². The van der Waals surface area contributed by atoms with E-state index in [4.69, 9.17) is 9.84 Å². The fourth-order valence-electron chi connectivity index (χ4n) is 1.19. The highest BCUT2D eigenvalue weighted by molar-refractivity contribution is 5.90. The lowest BCUT2D eigenvalue weighted by atomic mass is 10.3. The summed E-state index contributed by atoms with van der Waals surface area (Å²) in [5.74, 6) is -1.89. The van der Waals surface area contributed by atoms with E-state index < -0.39 is 17.9 Å². The molecular formula is C12H14FNO4. The van der Waals surface area contributed by atoms with Gasteiger partial charge >= 0.3 is 5.97 Å². The average Bonchev–Trinajstić information content (AvgIpc) is 2.28. The lowest BCUT2D eigenvalue weighted by Crippen LogP contribution is -2.22. The van der Waals surface area contributed by atoms with Crippen LogP contribution >= 0.6 is 0 Å². The number of aliphatic carboxylic acids is 1. The van der Waals surface area contributed by atoms with Crippen LogP contribution in [0, 0.1) is 5.82 Å². The minimum Gasteiger partial charge on any atom is -0.479 e. The molecule has 0 aliphatic rings. The van der Waals surface area contributed by atoms with Crippen molar-refractivity contribution in [1.82, 2.24) is 0 Å². The Morgan fingerprint density at radius 2 is 2.22 bits per heavy atom. The fourth-order valence-corrected chi connectivity index (χ4v) is 1.19. The largest absolute Gasteiger partial charge is 0.479 e. The molecular weight excluding hydrogens is 241 g/mol. The zero-order chi connectivity index (χ0) is 13.5. The molecule has 1 rings (SSSR count). The molecule has 98 valence electrons. The first-order valence-electron chi connectivity index (χ1n) is 5.39. The van der Waals surface area contributed by atoms with Crippen molar-refractivity contribution in [3.8, 4) is 0 Å². The van der Waals surface area contributed by atoms with Crippen molar-refractivity contribution < 1.29 is 23.8 Å². The predicted octanol–water partition coefficient (Wildman–Crippen LogP) is 1.64. The molecule has 0 aliphatic heterocycles. The standard InChI is InChI=1S/C12H14FNO4/c1-8(12(16)17)18-6-5-11(15)14-10-4-2-3-9(13)7-10/h2-4,7-8H,5-6H2,1H3,(H,14,15)(H,16,17). The Labute approximate surface area is 104 Å². The Balaban J connectivity index is 2.32. The number of carboxylic acid groups (broad SMARTS) is 1. The molecule has 0 bridgehead atoms. The summed E-state index contributed by atoms with van der Waals surface area (Å²) in [6, 6.07) is 5.50. The summed E-state index contributed by atoms with van der Waals surface area (Å²) in [5.41, 5.74) is 0.353. The summed E-state index contributed by atoms with van der Waals surface area (Å²) < 4.78 is 17.7. The molecule has 1 aromatic carbocycles. The van der Waals surface area contributed by atoms with Gasteiger partial charge in [0.25, 0.3) is 0 Å². The normalized spacial score (nSPS) is 11.9. The SMILES string of the molecule is CC(OCCC(=O)Nc1cccc(F)c1)C(=O)O. The van der Waals surface area contributed by atoms with Crippen molar-refractivity contribution in [3.63, 3.8) is 0 Å². The third-order valence-electron chi connectivity index (χ3n) is 2.15. The van der Waals surface area contributed by atoms with E-state index in [1.54, 1.807) is 6.07 Å². The number of carbonyl (C=O) groups excluding carboxylic acids is 1. The molecule has 0 heterocycles. The van der Waals surface area contributed by atoms with Crippen molar-refractivity contribution in [2.45, 2.75) is 19.4 Å². The molecule has 1 atom stereocenters. The number of anilines is 1. The Hall–Kier alpha value is -1.95. The Morgan fingerprint density at radius 3 is 2.83 bits per heavy atom. The predicted molar refractivity (Wildman–Crippen MR) is 62.7 cm³/mol. The molecule has 0 radical (unpaired) electrons. The van der Waals surface area contributed by atoms with E-state index in [2.05, 4.69) is 5.32 Å². The third kappa shape index (κ3) is 4.92. The van der Waals surface area contributed by atoms with E-state index in [-0.39, 0.29) is 18.9 Å². The molecule has 1 aromatic rings. The quantitative estimate of drug-likeness (QED) is 0.810. The number of halogens is 1. The zero-order valence-electron chi connectivity index (χ0n) is 9.85. The van der Waals surface area contributed by atoms with Crippen LogP contribution in [-0.2, 0) is 14.3 Å². The topological polar surface area (TPSA) is 75.6 Å². The lowest BCUT2D eigenvalue weighted by Gasteiger charge is -2.08. The second kappa shape index (κ2) is 6.70. The maximum absolute atomic E-state index is 12.8. The number of ether oxygens (including phenoxy) is 1. The van der Waals surface area contributed by atoms with Crippen LogP contribution in [0.5, 0.6) is 0 Å². The van der Waals surface area contributed by atoms with E-state index in [9.17, 15) is 14.0 Å². The molecule has 0 aromatic heterocycles. The van der Waals surface area contributed by atoms with Crippen molar-refractivity contribution in [1.29, 1.82) is 0 Å². The second-order valence-corrected chi connectivity index (χ2v) is 3.66. The number of nitrogens with one attached hydrogen (secondary N) is 1. The number of hydrogen-bond acceptors (Lipinski definition) is 3. The van der Waals surface area contributed by atoms with E-state index >= 15 is 0 Å². The van der Waals surface area contributed by atoms with Gasteiger partial charge in [-0.25, -0.2) is 9.18 Å². The van der Waals surface area contributed by atoms with Crippen LogP contribution in [0.1, 0.15) is 13.3 Å². The molecule has 0 aliphatic carbocycles. The van der Waals surface area contributed by atoms with Crippen molar-refractivity contribution in [2.24, 2.45) is 0 Å². The number of hydrogen-bond donors (Lipinski definition) is 2. The number of rotatable bonds is 6. The molecule has 1 unspecified atom stereocenters. The van der Waals surface area contributed by atoms with Gasteiger partial charge in [0.15, 0.2) is 6.10 Å². The van der Waals surface area contributed by atoms with Gasteiger partial charge in [-0.3, -0.25) is 4.79 Å². The van der Waals surface area contributed by atoms with Gasteiger partial charge in [0, 0.05) is 5.69 Å². The highest BCUT2D eigenvalue weighted by Gasteiger charge is 2.11. The molecule has 0 spiro atoms. The first-order valence-corrected chi connectivity index (χ1v) is 5.39. The van der Waals surface area contributed by atoms with Gasteiger partial charge in [-0.15, -0.1) is 0 Å². The van der Waals surface area contributed by atoms with Crippen LogP contribution < -0.4 is 5.32 Å². The molecule has 1 amide bonds. The van der Waals surface area contributed by atoms with Crippen molar-refractivity contribution in [3.05, 3.63) is 30.1 Å². The minimum absolute atomic E-state index is 0.00534. The molecule has 18 heavy (non-hydrogen) atoms. The molecule has 5 nitrogen and oxygen atoms in total. The van der Waals surface area contributed by atoms with E-state index in [1.807, 2.05) is 0 Å². The van der Waals surface area contributed by atoms with Crippen LogP contribution in [-0.4, -0.2) is 29.7 Å². The van der Waals surface area contributed by atoms with Crippen LogP contribution in [0.4, 0.5) is 10.1 Å². The summed E-state index contributed by atoms with van der Waals surface area (Å²) in [5, 5.41) is 11.0. The summed E-state index contributed by atoms with van der Waals surface area (Å²) in [6.07, 6.45) is -0.944. The van der Waals surface area contributed by atoms with E-state index in [1.165, 1.54) is 25.1 Å². The number of carbonyl (C=O) groups is 2.